The van der Waals surface area contributed by atoms with Crippen LogP contribution in [-0.4, -0.2) is 72.6 Å². The minimum Gasteiger partial charge on any atom is -0.395 e. The van der Waals surface area contributed by atoms with Crippen LogP contribution in [0.1, 0.15) is 33.1 Å². The second-order valence-corrected chi connectivity index (χ2v) is 8.64. The van der Waals surface area contributed by atoms with Gasteiger partial charge in [0.25, 0.3) is 0 Å². The highest BCUT2D eigenvalue weighted by molar-refractivity contribution is 7.89. The van der Waals surface area contributed by atoms with Crippen LogP contribution in [0, 0.1) is 11.3 Å². The normalized spacial score (nSPS) is 17.9. The summed E-state index contributed by atoms with van der Waals surface area (Å²) < 4.78 is 26.4. The first-order valence-electron chi connectivity index (χ1n) is 9.61. The number of amides is 1. The Labute approximate surface area is 171 Å². The number of sulfonamides is 1. The molecule has 0 spiro atoms. The number of nitrogens with zero attached hydrogens (tertiary/aromatic N) is 4. The summed E-state index contributed by atoms with van der Waals surface area (Å²) in [4.78, 5) is 18.4. The van der Waals surface area contributed by atoms with E-state index < -0.39 is 10.0 Å². The average Bonchev–Trinajstić information content (AvgIpc) is 3.20. The smallest absolute Gasteiger partial charge is 0.242 e. The second kappa shape index (κ2) is 10.5. The van der Waals surface area contributed by atoms with Crippen molar-refractivity contribution in [2.75, 3.05) is 31.7 Å². The molecule has 11 heteroatoms. The van der Waals surface area contributed by atoms with Crippen LogP contribution in [0.15, 0.2) is 23.2 Å². The summed E-state index contributed by atoms with van der Waals surface area (Å²) in [7, 11) is -3.73. The molecule has 2 atom stereocenters. The molecule has 10 nitrogen and oxygen atoms in total. The summed E-state index contributed by atoms with van der Waals surface area (Å²) in [6.45, 7) is 4.24. The highest BCUT2D eigenvalue weighted by atomic mass is 32.2. The number of hydrazine groups is 1. The molecule has 1 fully saturated rings. The lowest BCUT2D eigenvalue weighted by Crippen LogP contribution is -2.47. The summed E-state index contributed by atoms with van der Waals surface area (Å²) >= 11 is 0. The zero-order valence-electron chi connectivity index (χ0n) is 16.7. The second-order valence-electron chi connectivity index (χ2n) is 6.87. The van der Waals surface area contributed by atoms with Crippen LogP contribution in [0.5, 0.6) is 0 Å². The number of aliphatic hydroxyl groups excluding tert-OH is 1. The predicted octanol–water partition coefficient (Wildman–Crippen LogP) is 0.294. The lowest BCUT2D eigenvalue weighted by molar-refractivity contribution is -0.132. The Balaban J connectivity index is 2.08. The van der Waals surface area contributed by atoms with Gasteiger partial charge in [-0.25, -0.2) is 23.1 Å². The van der Waals surface area contributed by atoms with Gasteiger partial charge in [0.1, 0.15) is 16.8 Å². The van der Waals surface area contributed by atoms with Crippen molar-refractivity contribution < 1.29 is 18.3 Å². The number of carbonyl (C=O) groups is 1. The number of carbonyl (C=O) groups excluding carboxylic acids is 1. The number of hydrogen-bond acceptors (Lipinski definition) is 8. The monoisotopic (exact) mass is 424 g/mol. The molecule has 160 valence electrons. The topological polar surface area (TPSA) is 139 Å². The quantitative estimate of drug-likeness (QED) is 0.456. The first-order valence-corrected chi connectivity index (χ1v) is 11.1. The van der Waals surface area contributed by atoms with Gasteiger partial charge in [-0.2, -0.15) is 5.26 Å². The van der Waals surface area contributed by atoms with Crippen LogP contribution in [0.4, 0.5) is 5.82 Å². The van der Waals surface area contributed by atoms with Gasteiger partial charge in [-0.1, -0.05) is 6.92 Å². The molecule has 0 saturated carbocycles. The Kier molecular flexibility index (Phi) is 8.33. The third-order valence-electron chi connectivity index (χ3n) is 4.86. The van der Waals surface area contributed by atoms with Gasteiger partial charge in [0, 0.05) is 25.3 Å². The Morgan fingerprint density at radius 3 is 2.86 bits per heavy atom. The molecule has 1 aromatic rings. The first kappa shape index (κ1) is 23.0. The van der Waals surface area contributed by atoms with Crippen LogP contribution in [0.3, 0.4) is 0 Å². The van der Waals surface area contributed by atoms with E-state index in [-0.39, 0.29) is 42.6 Å². The summed E-state index contributed by atoms with van der Waals surface area (Å²) in [5, 5.41) is 19.7. The largest absolute Gasteiger partial charge is 0.395 e. The highest BCUT2D eigenvalue weighted by Gasteiger charge is 2.30. The van der Waals surface area contributed by atoms with Crippen molar-refractivity contribution in [3.8, 4) is 6.07 Å². The van der Waals surface area contributed by atoms with Crippen LogP contribution in [0.2, 0.25) is 0 Å². The van der Waals surface area contributed by atoms with Gasteiger partial charge in [-0.15, -0.1) is 0 Å². The standard InChI is InChI=1S/C18H28N6O4S/c1-3-14(2)24(13-18(26)23-9-4-5-15(23)11-19)22-17-7-6-16(12-20-17)29(27,28)21-8-10-25/h6-7,12,14-15,21,25H,3-5,8-10,13H2,1-2H3,(H,20,22)/t14-,15?/m0/s1. The van der Waals surface area contributed by atoms with E-state index in [9.17, 15) is 18.5 Å². The van der Waals surface area contributed by atoms with Crippen molar-refractivity contribution in [2.24, 2.45) is 0 Å². The summed E-state index contributed by atoms with van der Waals surface area (Å²) in [5.41, 5.74) is 3.08. The maximum Gasteiger partial charge on any atom is 0.242 e. The van der Waals surface area contributed by atoms with Crippen molar-refractivity contribution in [3.05, 3.63) is 18.3 Å². The maximum absolute atomic E-state index is 12.7. The van der Waals surface area contributed by atoms with Gasteiger partial charge in [-0.05, 0) is 38.3 Å². The third kappa shape index (κ3) is 6.11. The van der Waals surface area contributed by atoms with Gasteiger partial charge in [0.2, 0.25) is 15.9 Å². The average molecular weight is 425 g/mol. The summed E-state index contributed by atoms with van der Waals surface area (Å²) in [5.74, 6) is 0.270. The van der Waals surface area contributed by atoms with Crippen molar-refractivity contribution in [2.45, 2.75) is 50.1 Å². The van der Waals surface area contributed by atoms with E-state index in [0.717, 1.165) is 12.8 Å². The van der Waals surface area contributed by atoms with Gasteiger partial charge < -0.3 is 15.4 Å². The van der Waals surface area contributed by atoms with E-state index in [1.54, 1.807) is 9.91 Å². The van der Waals surface area contributed by atoms with Crippen LogP contribution < -0.4 is 10.1 Å². The number of nitriles is 1. The number of likely N-dealkylation sites (tertiary alicyclic amines) is 1. The van der Waals surface area contributed by atoms with Crippen molar-refractivity contribution in [1.29, 1.82) is 5.26 Å². The lowest BCUT2D eigenvalue weighted by Gasteiger charge is -2.31. The van der Waals surface area contributed by atoms with Crippen molar-refractivity contribution >= 4 is 21.7 Å². The first-order chi connectivity index (χ1) is 13.8. The zero-order chi connectivity index (χ0) is 21.4. The van der Waals surface area contributed by atoms with Gasteiger partial charge >= 0.3 is 0 Å². The van der Waals surface area contributed by atoms with E-state index in [1.807, 2.05) is 13.8 Å². The Morgan fingerprint density at radius 2 is 2.28 bits per heavy atom. The van der Waals surface area contributed by atoms with Gasteiger partial charge in [0.15, 0.2) is 0 Å². The van der Waals surface area contributed by atoms with Crippen molar-refractivity contribution in [1.82, 2.24) is 19.6 Å². The van der Waals surface area contributed by atoms with E-state index in [4.69, 9.17) is 5.11 Å². The lowest BCUT2D eigenvalue weighted by atomic mass is 10.2. The van der Waals surface area contributed by atoms with Gasteiger partial charge in [-0.3, -0.25) is 4.79 Å². The van der Waals surface area contributed by atoms with Crippen molar-refractivity contribution in [3.63, 3.8) is 0 Å². The number of nitrogens with one attached hydrogen (secondary N) is 2. The fourth-order valence-corrected chi connectivity index (χ4v) is 3.94. The molecule has 2 heterocycles. The minimum absolute atomic E-state index is 0.0125. The molecule has 0 radical (unpaired) electrons. The molecule has 1 amide bonds. The Bertz CT molecular complexity index is 824. The molecular formula is C18H28N6O4S. The number of anilines is 1. The maximum atomic E-state index is 12.7. The molecule has 2 rings (SSSR count). The Hall–Kier alpha value is -2.26. The summed E-state index contributed by atoms with van der Waals surface area (Å²) in [6.07, 6.45) is 3.51. The molecule has 1 saturated heterocycles. The van der Waals surface area contributed by atoms with Gasteiger partial charge in [0.05, 0.1) is 19.2 Å². The van der Waals surface area contributed by atoms with E-state index in [1.165, 1.54) is 18.3 Å². The van der Waals surface area contributed by atoms with E-state index >= 15 is 0 Å². The molecular weight excluding hydrogens is 396 g/mol. The molecule has 29 heavy (non-hydrogen) atoms. The molecule has 0 bridgehead atoms. The van der Waals surface area contributed by atoms with E-state index in [2.05, 4.69) is 21.2 Å². The summed E-state index contributed by atoms with van der Waals surface area (Å²) in [6, 6.07) is 4.72. The number of aromatic nitrogens is 1. The van der Waals surface area contributed by atoms with E-state index in [0.29, 0.717) is 18.8 Å². The molecule has 1 aliphatic rings. The SMILES string of the molecule is CC[C@H](C)N(CC(=O)N1CCCC1C#N)Nc1ccc(S(=O)(=O)NCCO)cn1. The fraction of sp³-hybridized carbons (Fsp3) is 0.611. The number of aliphatic hydroxyl groups is 1. The minimum atomic E-state index is -3.73. The van der Waals surface area contributed by atoms with Crippen LogP contribution in [-0.2, 0) is 14.8 Å². The Morgan fingerprint density at radius 1 is 1.52 bits per heavy atom. The number of hydrogen-bond donors (Lipinski definition) is 3. The van der Waals surface area contributed by atoms with Crippen LogP contribution in [0.25, 0.3) is 0 Å². The predicted molar refractivity (Wildman–Crippen MR) is 107 cm³/mol. The third-order valence-corrected chi connectivity index (χ3v) is 6.31. The fourth-order valence-electron chi connectivity index (χ4n) is 2.98. The molecule has 1 unspecified atom stereocenters. The highest BCUT2D eigenvalue weighted by Crippen LogP contribution is 2.18. The molecule has 0 aliphatic carbocycles. The van der Waals surface area contributed by atoms with Crippen LogP contribution >= 0.6 is 0 Å². The molecule has 1 aromatic heterocycles. The number of rotatable bonds is 10. The molecule has 0 aromatic carbocycles. The zero-order valence-corrected chi connectivity index (χ0v) is 17.5. The molecule has 1 aliphatic heterocycles. The number of pyridine rings is 1. The molecule has 3 N–H and O–H groups in total.